The van der Waals surface area contributed by atoms with E-state index in [-0.39, 0.29) is 29.3 Å². The number of hydrogen-bond acceptors (Lipinski definition) is 8. The summed E-state index contributed by atoms with van der Waals surface area (Å²) in [6, 6.07) is 19.8. The van der Waals surface area contributed by atoms with Crippen molar-refractivity contribution in [1.29, 1.82) is 5.26 Å². The van der Waals surface area contributed by atoms with Crippen molar-refractivity contribution in [1.82, 2.24) is 29.1 Å². The van der Waals surface area contributed by atoms with Crippen LogP contribution >= 0.6 is 0 Å². The lowest BCUT2D eigenvalue weighted by atomic mass is 9.94. The molecule has 0 aliphatic carbocycles. The van der Waals surface area contributed by atoms with Gasteiger partial charge in [-0.1, -0.05) is 18.2 Å². The normalized spacial score (nSPS) is 20.5. The summed E-state index contributed by atoms with van der Waals surface area (Å²) in [5.74, 6) is 2.55. The maximum Gasteiger partial charge on any atom is 0.264 e. The molecule has 3 aliphatic heterocycles. The molecule has 2 atom stereocenters. The molecule has 246 valence electrons. The third-order valence-corrected chi connectivity index (χ3v) is 9.95. The quantitative estimate of drug-likeness (QED) is 0.219. The SMILES string of the molecule is CC(C)(C=C(C#N)C(=O)N1CCCC(c2nc(-c3ccc(Oc4ccccc4)cc3)c3c(N)nccn23)C1)N1CCN2C(=O)CCC2C1. The number of piperidine rings is 1. The molecule has 11 nitrogen and oxygen atoms in total. The van der Waals surface area contributed by atoms with Crippen LogP contribution in [0.2, 0.25) is 0 Å². The van der Waals surface area contributed by atoms with Crippen molar-refractivity contribution in [2.75, 3.05) is 38.5 Å². The van der Waals surface area contributed by atoms with Gasteiger partial charge in [0, 0.05) is 74.6 Å². The Balaban J connectivity index is 1.11. The van der Waals surface area contributed by atoms with E-state index in [2.05, 4.69) is 16.0 Å². The first-order valence-corrected chi connectivity index (χ1v) is 16.6. The molecule has 7 rings (SSSR count). The topological polar surface area (TPSA) is 133 Å². The molecule has 48 heavy (non-hydrogen) atoms. The fourth-order valence-electron chi connectivity index (χ4n) is 7.40. The number of carbonyl (C=O) groups is 2. The van der Waals surface area contributed by atoms with E-state index < -0.39 is 5.54 Å². The predicted octanol–water partition coefficient (Wildman–Crippen LogP) is 5.01. The summed E-state index contributed by atoms with van der Waals surface area (Å²) in [5.41, 5.74) is 8.37. The summed E-state index contributed by atoms with van der Waals surface area (Å²) in [5, 5.41) is 10.2. The summed E-state index contributed by atoms with van der Waals surface area (Å²) >= 11 is 0. The van der Waals surface area contributed by atoms with E-state index in [4.69, 9.17) is 15.5 Å². The van der Waals surface area contributed by atoms with Crippen LogP contribution in [0.3, 0.4) is 0 Å². The molecule has 11 heteroatoms. The molecule has 3 fully saturated rings. The molecule has 3 aliphatic rings. The summed E-state index contributed by atoms with van der Waals surface area (Å²) in [7, 11) is 0. The lowest BCUT2D eigenvalue weighted by Gasteiger charge is -2.45. The molecule has 4 aromatic rings. The van der Waals surface area contributed by atoms with E-state index in [0.29, 0.717) is 49.9 Å². The van der Waals surface area contributed by atoms with Crippen LogP contribution in [-0.4, -0.2) is 85.2 Å². The Labute approximate surface area is 280 Å². The van der Waals surface area contributed by atoms with Gasteiger partial charge in [0.25, 0.3) is 5.91 Å². The van der Waals surface area contributed by atoms with Crippen molar-refractivity contribution in [3.05, 3.63) is 84.5 Å². The third-order valence-electron chi connectivity index (χ3n) is 9.95. The number of para-hydroxylation sites is 1. The number of carbonyl (C=O) groups excluding carboxylic acids is 2. The van der Waals surface area contributed by atoms with Crippen molar-refractivity contribution < 1.29 is 14.3 Å². The number of nitrogen functional groups attached to an aromatic ring is 1. The highest BCUT2D eigenvalue weighted by atomic mass is 16.5. The van der Waals surface area contributed by atoms with E-state index >= 15 is 0 Å². The molecular weight excluding hydrogens is 604 g/mol. The van der Waals surface area contributed by atoms with E-state index in [1.165, 1.54) is 0 Å². The fraction of sp³-hybridized carbons (Fsp3) is 0.378. The highest BCUT2D eigenvalue weighted by Gasteiger charge is 2.40. The number of amides is 2. The van der Waals surface area contributed by atoms with Crippen LogP contribution < -0.4 is 10.5 Å². The van der Waals surface area contributed by atoms with Gasteiger partial charge in [-0.3, -0.25) is 18.9 Å². The van der Waals surface area contributed by atoms with Crippen molar-refractivity contribution in [2.24, 2.45) is 0 Å². The standard InChI is InChI=1S/C37H40N8O3/c1-37(2,43-19-20-44-28(24-43)12-15-31(44)46)21-27(22-38)36(47)42-17-6-7-26(23-42)35-41-32(33-34(39)40-16-18-45(33)35)25-10-13-30(14-11-25)48-29-8-4-3-5-9-29/h3-5,8-11,13-14,16,18,21,26,28H,6-7,12,15,17,19-20,23-24H2,1-2H3,(H2,39,40). The Morgan fingerprint density at radius 2 is 1.81 bits per heavy atom. The molecule has 2 aromatic carbocycles. The Morgan fingerprint density at radius 3 is 2.58 bits per heavy atom. The maximum absolute atomic E-state index is 13.9. The number of nitriles is 1. The number of benzene rings is 2. The number of hydrogen-bond donors (Lipinski definition) is 1. The molecule has 0 saturated carbocycles. The van der Waals surface area contributed by atoms with Crippen LogP contribution in [0, 0.1) is 11.3 Å². The number of ether oxygens (including phenoxy) is 1. The van der Waals surface area contributed by atoms with Crippen molar-refractivity contribution >= 4 is 23.1 Å². The molecule has 3 saturated heterocycles. The lowest BCUT2D eigenvalue weighted by molar-refractivity contribution is -0.131. The van der Waals surface area contributed by atoms with Crippen LogP contribution in [-0.2, 0) is 9.59 Å². The maximum atomic E-state index is 13.9. The van der Waals surface area contributed by atoms with E-state index in [1.807, 2.05) is 90.0 Å². The number of anilines is 1. The summed E-state index contributed by atoms with van der Waals surface area (Å²) in [6.45, 7) is 7.22. The van der Waals surface area contributed by atoms with Gasteiger partial charge in [0.1, 0.15) is 46.0 Å². The van der Waals surface area contributed by atoms with Crippen molar-refractivity contribution in [2.45, 2.75) is 57.0 Å². The zero-order chi connectivity index (χ0) is 33.4. The number of likely N-dealkylation sites (tertiary alicyclic amines) is 1. The lowest BCUT2D eigenvalue weighted by Crippen LogP contribution is -2.57. The minimum atomic E-state index is -0.520. The first-order valence-electron chi connectivity index (χ1n) is 16.6. The Morgan fingerprint density at radius 1 is 1.04 bits per heavy atom. The van der Waals surface area contributed by atoms with Crippen LogP contribution in [0.25, 0.3) is 16.8 Å². The number of nitrogens with two attached hydrogens (primary N) is 1. The minimum absolute atomic E-state index is 0.0626. The minimum Gasteiger partial charge on any atom is -0.457 e. The molecule has 0 radical (unpaired) electrons. The molecule has 5 heterocycles. The second-order valence-electron chi connectivity index (χ2n) is 13.4. The average molecular weight is 645 g/mol. The molecular formula is C37H40N8O3. The fourth-order valence-corrected chi connectivity index (χ4v) is 7.40. The zero-order valence-electron chi connectivity index (χ0n) is 27.4. The Bertz CT molecular complexity index is 1910. The molecule has 2 unspecified atom stereocenters. The van der Waals surface area contributed by atoms with Gasteiger partial charge < -0.3 is 20.3 Å². The second kappa shape index (κ2) is 12.8. The molecule has 0 spiro atoms. The Hall–Kier alpha value is -5.21. The number of piperazine rings is 1. The van der Waals surface area contributed by atoms with Crippen molar-refractivity contribution in [3.8, 4) is 28.8 Å². The van der Waals surface area contributed by atoms with Crippen LogP contribution in [0.1, 0.15) is 51.3 Å². The molecule has 2 aromatic heterocycles. The number of nitrogens with zero attached hydrogens (tertiary/aromatic N) is 7. The van der Waals surface area contributed by atoms with Gasteiger partial charge in [0.05, 0.1) is 0 Å². The van der Waals surface area contributed by atoms with Crippen LogP contribution in [0.5, 0.6) is 11.5 Å². The number of rotatable bonds is 7. The number of imidazole rings is 1. The highest BCUT2D eigenvalue weighted by molar-refractivity contribution is 5.97. The summed E-state index contributed by atoms with van der Waals surface area (Å²) < 4.78 is 7.97. The van der Waals surface area contributed by atoms with Gasteiger partial charge >= 0.3 is 0 Å². The van der Waals surface area contributed by atoms with Crippen LogP contribution in [0.15, 0.2) is 78.6 Å². The predicted molar refractivity (Wildman–Crippen MR) is 182 cm³/mol. The highest BCUT2D eigenvalue weighted by Crippen LogP contribution is 2.35. The molecule has 2 N–H and O–H groups in total. The first kappa shape index (κ1) is 31.4. The van der Waals surface area contributed by atoms with E-state index in [1.54, 1.807) is 11.1 Å². The molecule has 2 amide bonds. The summed E-state index contributed by atoms with van der Waals surface area (Å²) in [6.07, 6.45) is 8.42. The largest absolute Gasteiger partial charge is 0.457 e. The zero-order valence-corrected chi connectivity index (χ0v) is 27.4. The summed E-state index contributed by atoms with van der Waals surface area (Å²) in [4.78, 5) is 41.6. The number of fused-ring (bicyclic) bond motifs is 2. The molecule has 0 bridgehead atoms. The van der Waals surface area contributed by atoms with Gasteiger partial charge in [0.2, 0.25) is 5.91 Å². The second-order valence-corrected chi connectivity index (χ2v) is 13.4. The van der Waals surface area contributed by atoms with Gasteiger partial charge in [0.15, 0.2) is 0 Å². The van der Waals surface area contributed by atoms with Gasteiger partial charge in [-0.2, -0.15) is 5.26 Å². The van der Waals surface area contributed by atoms with Gasteiger partial charge in [-0.25, -0.2) is 9.97 Å². The van der Waals surface area contributed by atoms with Crippen LogP contribution in [0.4, 0.5) is 5.82 Å². The van der Waals surface area contributed by atoms with Gasteiger partial charge in [-0.15, -0.1) is 0 Å². The smallest absolute Gasteiger partial charge is 0.264 e. The third kappa shape index (κ3) is 6.00. The van der Waals surface area contributed by atoms with Gasteiger partial charge in [-0.05, 0) is 75.6 Å². The van der Waals surface area contributed by atoms with Crippen molar-refractivity contribution in [3.63, 3.8) is 0 Å². The number of aromatic nitrogens is 3. The average Bonchev–Trinajstić information content (AvgIpc) is 3.69. The van der Waals surface area contributed by atoms with E-state index in [0.717, 1.165) is 48.5 Å². The van der Waals surface area contributed by atoms with E-state index in [9.17, 15) is 14.9 Å². The Kier molecular flexibility index (Phi) is 8.35. The first-order chi connectivity index (χ1) is 23.2. The monoisotopic (exact) mass is 644 g/mol.